The van der Waals surface area contributed by atoms with Gasteiger partial charge in [-0.2, -0.15) is 0 Å². The Morgan fingerprint density at radius 2 is 1.95 bits per heavy atom. The predicted octanol–water partition coefficient (Wildman–Crippen LogP) is 2.04. The monoisotopic (exact) mass is 298 g/mol. The van der Waals surface area contributed by atoms with Gasteiger partial charge in [-0.25, -0.2) is 9.36 Å². The van der Waals surface area contributed by atoms with Crippen molar-refractivity contribution in [2.45, 2.75) is 6.92 Å². The molecule has 98 valence electrons. The Kier molecular flexibility index (Phi) is 3.59. The number of aromatic amines is 1. The lowest BCUT2D eigenvalue weighted by molar-refractivity contribution is 0.101. The van der Waals surface area contributed by atoms with Crippen LogP contribution in [0.3, 0.4) is 0 Å². The van der Waals surface area contributed by atoms with Crippen molar-refractivity contribution in [2.24, 2.45) is 0 Å². The maximum atomic E-state index is 12.1. The molecule has 0 aliphatic rings. The van der Waals surface area contributed by atoms with Gasteiger partial charge in [0.15, 0.2) is 5.78 Å². The first-order chi connectivity index (χ1) is 8.91. The van der Waals surface area contributed by atoms with Crippen molar-refractivity contribution in [1.29, 1.82) is 0 Å². The number of halogens is 2. The first-order valence-electron chi connectivity index (χ1n) is 5.23. The van der Waals surface area contributed by atoms with E-state index in [0.717, 1.165) is 10.8 Å². The van der Waals surface area contributed by atoms with E-state index < -0.39 is 17.0 Å². The van der Waals surface area contributed by atoms with Crippen LogP contribution < -0.4 is 11.2 Å². The van der Waals surface area contributed by atoms with Crippen LogP contribution in [0.5, 0.6) is 0 Å². The van der Waals surface area contributed by atoms with E-state index in [-0.39, 0.29) is 16.3 Å². The lowest BCUT2D eigenvalue weighted by atomic mass is 10.2. The highest BCUT2D eigenvalue weighted by molar-refractivity contribution is 6.35. The number of H-pyrrole nitrogens is 1. The Balaban J connectivity index is 2.82. The van der Waals surface area contributed by atoms with Crippen molar-refractivity contribution in [1.82, 2.24) is 9.55 Å². The summed E-state index contributed by atoms with van der Waals surface area (Å²) in [7, 11) is 0. The molecule has 1 aromatic heterocycles. The van der Waals surface area contributed by atoms with E-state index >= 15 is 0 Å². The van der Waals surface area contributed by atoms with E-state index in [9.17, 15) is 14.4 Å². The summed E-state index contributed by atoms with van der Waals surface area (Å²) in [5.74, 6) is -0.444. The number of nitrogens with one attached hydrogen (secondary N) is 1. The number of ketones is 1. The normalized spacial score (nSPS) is 10.5. The summed E-state index contributed by atoms with van der Waals surface area (Å²) in [5, 5.41) is 0.516. The minimum atomic E-state index is -0.722. The van der Waals surface area contributed by atoms with Crippen LogP contribution in [-0.2, 0) is 0 Å². The number of Topliss-reactive ketones (excluding diaryl/α,β-unsaturated/α-hetero) is 1. The molecule has 0 unspecified atom stereocenters. The third-order valence-corrected chi connectivity index (χ3v) is 3.04. The number of carbonyl (C=O) groups excluding carboxylic acids is 1. The molecule has 0 spiro atoms. The third kappa shape index (κ3) is 2.47. The molecule has 0 aliphatic carbocycles. The minimum absolute atomic E-state index is 0.120. The second-order valence-corrected chi connectivity index (χ2v) is 4.64. The molecular weight excluding hydrogens is 291 g/mol. The van der Waals surface area contributed by atoms with E-state index in [1.807, 2.05) is 0 Å². The summed E-state index contributed by atoms with van der Waals surface area (Å²) in [6.45, 7) is 1.24. The molecule has 0 amide bonds. The number of carbonyl (C=O) groups is 1. The largest absolute Gasteiger partial charge is 0.333 e. The van der Waals surface area contributed by atoms with Gasteiger partial charge < -0.3 is 4.98 Å². The molecule has 1 heterocycles. The van der Waals surface area contributed by atoms with Gasteiger partial charge in [0.2, 0.25) is 0 Å². The Morgan fingerprint density at radius 3 is 2.53 bits per heavy atom. The summed E-state index contributed by atoms with van der Waals surface area (Å²) in [4.78, 5) is 37.5. The van der Waals surface area contributed by atoms with Gasteiger partial charge in [0, 0.05) is 11.2 Å². The predicted molar refractivity (Wildman–Crippen MR) is 72.7 cm³/mol. The van der Waals surface area contributed by atoms with Crippen LogP contribution in [0.15, 0.2) is 34.0 Å². The number of aromatic nitrogens is 2. The van der Waals surface area contributed by atoms with E-state index in [1.165, 1.54) is 25.1 Å². The van der Waals surface area contributed by atoms with Gasteiger partial charge in [-0.15, -0.1) is 0 Å². The molecule has 2 rings (SSSR count). The SMILES string of the molecule is CC(=O)c1c[nH]c(=O)n(-c2ccc(Cl)cc2Cl)c1=O. The highest BCUT2D eigenvalue weighted by Crippen LogP contribution is 2.22. The summed E-state index contributed by atoms with van der Waals surface area (Å²) in [5.41, 5.74) is -1.36. The fourth-order valence-electron chi connectivity index (χ4n) is 1.61. The molecule has 0 aliphatic heterocycles. The molecule has 1 N–H and O–H groups in total. The second-order valence-electron chi connectivity index (χ2n) is 3.80. The van der Waals surface area contributed by atoms with Crippen LogP contribution in [-0.4, -0.2) is 15.3 Å². The molecule has 0 saturated heterocycles. The molecule has 7 heteroatoms. The van der Waals surface area contributed by atoms with E-state index in [2.05, 4.69) is 4.98 Å². The topological polar surface area (TPSA) is 71.9 Å². The molecule has 0 bridgehead atoms. The Labute approximate surface area is 117 Å². The molecule has 0 atom stereocenters. The van der Waals surface area contributed by atoms with Gasteiger partial charge in [0.1, 0.15) is 0 Å². The lowest BCUT2D eigenvalue weighted by Crippen LogP contribution is -2.36. The molecule has 19 heavy (non-hydrogen) atoms. The first-order valence-corrected chi connectivity index (χ1v) is 5.98. The van der Waals surface area contributed by atoms with Crippen molar-refractivity contribution in [3.63, 3.8) is 0 Å². The van der Waals surface area contributed by atoms with Crippen LogP contribution in [0.2, 0.25) is 10.0 Å². The minimum Gasteiger partial charge on any atom is -0.313 e. The van der Waals surface area contributed by atoms with Gasteiger partial charge in [0.05, 0.1) is 16.3 Å². The Bertz CT molecular complexity index is 777. The third-order valence-electron chi connectivity index (χ3n) is 2.51. The fraction of sp³-hybridized carbons (Fsp3) is 0.0833. The van der Waals surface area contributed by atoms with Crippen LogP contribution >= 0.6 is 23.2 Å². The zero-order valence-corrected chi connectivity index (χ0v) is 11.2. The smallest absolute Gasteiger partial charge is 0.313 e. The molecule has 0 fully saturated rings. The Hall–Kier alpha value is -1.85. The standard InChI is InChI=1S/C12H8Cl2N2O3/c1-6(17)8-5-15-12(19)16(11(8)18)10-3-2-7(13)4-9(10)14/h2-5H,1H3,(H,15,19). The number of benzene rings is 1. The van der Waals surface area contributed by atoms with Crippen LogP contribution in [0.1, 0.15) is 17.3 Å². The average molecular weight is 299 g/mol. The van der Waals surface area contributed by atoms with E-state index in [4.69, 9.17) is 23.2 Å². The maximum absolute atomic E-state index is 12.1. The summed E-state index contributed by atoms with van der Waals surface area (Å²) >= 11 is 11.7. The van der Waals surface area contributed by atoms with Crippen molar-refractivity contribution in [3.05, 3.63) is 60.8 Å². The Morgan fingerprint density at radius 1 is 1.26 bits per heavy atom. The molecular formula is C12H8Cl2N2O3. The van der Waals surface area contributed by atoms with E-state index in [1.54, 1.807) is 0 Å². The zero-order valence-electron chi connectivity index (χ0n) is 9.74. The summed E-state index contributed by atoms with van der Waals surface area (Å²) in [6.07, 6.45) is 1.09. The van der Waals surface area contributed by atoms with Gasteiger partial charge in [-0.1, -0.05) is 23.2 Å². The van der Waals surface area contributed by atoms with Crippen LogP contribution in [0, 0.1) is 0 Å². The number of rotatable bonds is 2. The summed E-state index contributed by atoms with van der Waals surface area (Å²) in [6, 6.07) is 4.34. The van der Waals surface area contributed by atoms with Crippen LogP contribution in [0.25, 0.3) is 5.69 Å². The quantitative estimate of drug-likeness (QED) is 0.862. The van der Waals surface area contributed by atoms with Gasteiger partial charge in [-0.3, -0.25) is 9.59 Å². The lowest BCUT2D eigenvalue weighted by Gasteiger charge is -2.07. The molecule has 0 radical (unpaired) electrons. The maximum Gasteiger partial charge on any atom is 0.333 e. The average Bonchev–Trinajstić information content (AvgIpc) is 2.31. The molecule has 5 nitrogen and oxygen atoms in total. The van der Waals surface area contributed by atoms with Crippen molar-refractivity contribution in [2.75, 3.05) is 0 Å². The number of hydrogen-bond donors (Lipinski definition) is 1. The fourth-order valence-corrected chi connectivity index (χ4v) is 2.10. The first kappa shape index (κ1) is 13.6. The van der Waals surface area contributed by atoms with Crippen LogP contribution in [0.4, 0.5) is 0 Å². The highest BCUT2D eigenvalue weighted by atomic mass is 35.5. The van der Waals surface area contributed by atoms with Crippen molar-refractivity contribution >= 4 is 29.0 Å². The molecule has 2 aromatic rings. The highest BCUT2D eigenvalue weighted by Gasteiger charge is 2.14. The van der Waals surface area contributed by atoms with Gasteiger partial charge >= 0.3 is 5.69 Å². The van der Waals surface area contributed by atoms with Gasteiger partial charge in [0.25, 0.3) is 5.56 Å². The van der Waals surface area contributed by atoms with E-state index in [0.29, 0.717) is 5.02 Å². The molecule has 1 aromatic carbocycles. The number of hydrogen-bond acceptors (Lipinski definition) is 3. The van der Waals surface area contributed by atoms with Crippen molar-refractivity contribution in [3.8, 4) is 5.69 Å². The van der Waals surface area contributed by atoms with Gasteiger partial charge in [-0.05, 0) is 25.1 Å². The number of nitrogens with zero attached hydrogens (tertiary/aromatic N) is 1. The van der Waals surface area contributed by atoms with Crippen molar-refractivity contribution < 1.29 is 4.79 Å². The molecule has 0 saturated carbocycles. The zero-order chi connectivity index (χ0) is 14.2. The second kappa shape index (κ2) is 5.03. The summed E-state index contributed by atoms with van der Waals surface area (Å²) < 4.78 is 0.801.